The Hall–Kier alpha value is -0.970. The van der Waals surface area contributed by atoms with Gasteiger partial charge in [0.2, 0.25) is 11.9 Å². The summed E-state index contributed by atoms with van der Waals surface area (Å²) in [6.45, 7) is 3.44. The minimum absolute atomic E-state index is 0.203. The number of aromatic nitrogens is 1. The van der Waals surface area contributed by atoms with Crippen LogP contribution in [0, 0.1) is 5.95 Å². The van der Waals surface area contributed by atoms with E-state index in [-0.39, 0.29) is 5.91 Å². The lowest BCUT2D eigenvalue weighted by atomic mass is 10.2. The average Bonchev–Trinajstić information content (AvgIpc) is 2.07. The van der Waals surface area contributed by atoms with Crippen LogP contribution in [0.4, 0.5) is 10.1 Å². The molecule has 1 aromatic rings. The lowest BCUT2D eigenvalue weighted by Gasteiger charge is -2.15. The maximum absolute atomic E-state index is 12.4. The molecule has 0 bridgehead atoms. The third-order valence-corrected chi connectivity index (χ3v) is 1.89. The van der Waals surface area contributed by atoms with E-state index < -0.39 is 10.3 Å². The highest BCUT2D eigenvalue weighted by Gasteiger charge is 2.23. The summed E-state index contributed by atoms with van der Waals surface area (Å²) < 4.78 is 11.8. The van der Waals surface area contributed by atoms with Crippen LogP contribution in [0.15, 0.2) is 18.3 Å². The van der Waals surface area contributed by atoms with E-state index in [1.54, 1.807) is 13.8 Å². The predicted molar refractivity (Wildman–Crippen MR) is 55.8 cm³/mol. The Kier molecular flexibility index (Phi) is 3.21. The number of hydrogen-bond donors (Lipinski definition) is 1. The zero-order valence-corrected chi connectivity index (χ0v) is 9.43. The van der Waals surface area contributed by atoms with Gasteiger partial charge >= 0.3 is 0 Å². The fourth-order valence-corrected chi connectivity index (χ4v) is 0.829. The van der Waals surface area contributed by atoms with Crippen LogP contribution >= 0.6 is 15.9 Å². The van der Waals surface area contributed by atoms with Gasteiger partial charge in [-0.1, -0.05) is 15.9 Å². The molecule has 1 aromatic heterocycles. The van der Waals surface area contributed by atoms with Crippen molar-refractivity contribution in [2.75, 3.05) is 5.32 Å². The number of carbonyl (C=O) groups excluding carboxylic acids is 1. The second kappa shape index (κ2) is 4.04. The molecule has 1 heterocycles. The Bertz CT molecular complexity index is 332. The van der Waals surface area contributed by atoms with Crippen molar-refractivity contribution in [2.24, 2.45) is 0 Å². The van der Waals surface area contributed by atoms with E-state index in [1.807, 2.05) is 0 Å². The van der Waals surface area contributed by atoms with Crippen LogP contribution in [-0.4, -0.2) is 15.2 Å². The van der Waals surface area contributed by atoms with Gasteiger partial charge < -0.3 is 5.32 Å². The highest BCUT2D eigenvalue weighted by molar-refractivity contribution is 9.10. The summed E-state index contributed by atoms with van der Waals surface area (Å²) in [7, 11) is 0. The second-order valence-electron chi connectivity index (χ2n) is 3.30. The molecule has 1 amide bonds. The lowest BCUT2D eigenvalue weighted by Crippen LogP contribution is -2.30. The number of anilines is 1. The highest BCUT2D eigenvalue weighted by Crippen LogP contribution is 2.18. The molecule has 76 valence electrons. The number of nitrogens with one attached hydrogen (secondary N) is 1. The molecule has 1 rings (SSSR count). The van der Waals surface area contributed by atoms with Crippen LogP contribution in [0.2, 0.25) is 0 Å². The van der Waals surface area contributed by atoms with Crippen molar-refractivity contribution in [2.45, 2.75) is 18.2 Å². The van der Waals surface area contributed by atoms with Gasteiger partial charge in [-0.15, -0.1) is 0 Å². The molecule has 5 heteroatoms. The molecule has 0 radical (unpaired) electrons. The molecule has 0 spiro atoms. The zero-order chi connectivity index (χ0) is 10.8. The summed E-state index contributed by atoms with van der Waals surface area (Å²) in [4.78, 5) is 14.9. The lowest BCUT2D eigenvalue weighted by molar-refractivity contribution is -0.117. The molecule has 0 aliphatic rings. The van der Waals surface area contributed by atoms with Gasteiger partial charge in [-0.25, -0.2) is 4.98 Å². The number of halogens is 2. The van der Waals surface area contributed by atoms with Crippen LogP contribution in [0.3, 0.4) is 0 Å². The molecule has 0 fully saturated rings. The van der Waals surface area contributed by atoms with Crippen molar-refractivity contribution in [3.63, 3.8) is 0 Å². The molecule has 1 N–H and O–H groups in total. The van der Waals surface area contributed by atoms with E-state index in [2.05, 4.69) is 26.2 Å². The number of amides is 1. The van der Waals surface area contributed by atoms with Crippen LogP contribution in [0.5, 0.6) is 0 Å². The molecule has 0 saturated heterocycles. The Labute approximate surface area is 89.9 Å². The van der Waals surface area contributed by atoms with E-state index in [0.717, 1.165) is 0 Å². The van der Waals surface area contributed by atoms with E-state index in [1.165, 1.54) is 18.3 Å². The van der Waals surface area contributed by atoms with Crippen LogP contribution in [-0.2, 0) is 4.79 Å². The predicted octanol–water partition coefficient (Wildman–Crippen LogP) is 2.33. The molecule has 0 aromatic carbocycles. The number of alkyl halides is 1. The largest absolute Gasteiger partial charge is 0.324 e. The van der Waals surface area contributed by atoms with E-state index in [4.69, 9.17) is 0 Å². The summed E-state index contributed by atoms with van der Waals surface area (Å²) in [5.41, 5.74) is 0.476. The van der Waals surface area contributed by atoms with E-state index in [9.17, 15) is 9.18 Å². The summed E-state index contributed by atoms with van der Waals surface area (Å²) in [6.07, 6.45) is 1.27. The third kappa shape index (κ3) is 3.06. The molecule has 0 aliphatic heterocycles. The van der Waals surface area contributed by atoms with Crippen LogP contribution in [0.25, 0.3) is 0 Å². The van der Waals surface area contributed by atoms with Crippen LogP contribution < -0.4 is 5.32 Å². The first-order valence-electron chi connectivity index (χ1n) is 4.01. The minimum atomic E-state index is -0.651. The van der Waals surface area contributed by atoms with Crippen molar-refractivity contribution in [1.29, 1.82) is 0 Å². The van der Waals surface area contributed by atoms with Crippen molar-refractivity contribution < 1.29 is 9.18 Å². The number of hydrogen-bond acceptors (Lipinski definition) is 2. The van der Waals surface area contributed by atoms with Gasteiger partial charge in [0.05, 0.1) is 16.2 Å². The first-order chi connectivity index (χ1) is 6.39. The van der Waals surface area contributed by atoms with Crippen LogP contribution in [0.1, 0.15) is 13.8 Å². The number of rotatable bonds is 2. The molecule has 0 aliphatic carbocycles. The van der Waals surface area contributed by atoms with Gasteiger partial charge in [-0.2, -0.15) is 4.39 Å². The zero-order valence-electron chi connectivity index (χ0n) is 7.84. The molecule has 0 saturated carbocycles. The van der Waals surface area contributed by atoms with Crippen molar-refractivity contribution in [1.82, 2.24) is 4.98 Å². The molecule has 0 atom stereocenters. The van der Waals surface area contributed by atoms with Gasteiger partial charge in [0, 0.05) is 0 Å². The fraction of sp³-hybridized carbons (Fsp3) is 0.333. The Morgan fingerprint density at radius 2 is 2.21 bits per heavy atom. The SMILES string of the molecule is CC(C)(Br)C(=O)Nc1ccc(F)nc1. The van der Waals surface area contributed by atoms with Gasteiger partial charge in [0.1, 0.15) is 0 Å². The topological polar surface area (TPSA) is 42.0 Å². The maximum Gasteiger partial charge on any atom is 0.240 e. The molecular weight excluding hydrogens is 251 g/mol. The monoisotopic (exact) mass is 260 g/mol. The molecule has 0 unspecified atom stereocenters. The Balaban J connectivity index is 2.71. The fourth-order valence-electron chi connectivity index (χ4n) is 0.729. The van der Waals surface area contributed by atoms with E-state index in [0.29, 0.717) is 5.69 Å². The smallest absolute Gasteiger partial charge is 0.240 e. The standard InChI is InChI=1S/C9H10BrFN2O/c1-9(2,10)8(14)13-6-3-4-7(11)12-5-6/h3-5H,1-2H3,(H,13,14). The van der Waals surface area contributed by atoms with Gasteiger partial charge in [0.15, 0.2) is 0 Å². The van der Waals surface area contributed by atoms with Gasteiger partial charge in [-0.3, -0.25) is 4.79 Å². The second-order valence-corrected chi connectivity index (χ2v) is 5.28. The Morgan fingerprint density at radius 3 is 2.64 bits per heavy atom. The van der Waals surface area contributed by atoms with Gasteiger partial charge in [0.25, 0.3) is 0 Å². The molecule has 14 heavy (non-hydrogen) atoms. The average molecular weight is 261 g/mol. The summed E-state index contributed by atoms with van der Waals surface area (Å²) >= 11 is 3.21. The number of pyridine rings is 1. The van der Waals surface area contributed by atoms with Crippen molar-refractivity contribution in [3.05, 3.63) is 24.3 Å². The van der Waals surface area contributed by atoms with E-state index >= 15 is 0 Å². The maximum atomic E-state index is 12.4. The first kappa shape index (κ1) is 11.1. The summed E-state index contributed by atoms with van der Waals surface area (Å²) in [5, 5.41) is 2.59. The summed E-state index contributed by atoms with van der Waals surface area (Å²) in [5.74, 6) is -0.771. The molecular formula is C9H10BrFN2O. The van der Waals surface area contributed by atoms with Crippen molar-refractivity contribution >= 4 is 27.5 Å². The normalized spacial score (nSPS) is 11.1. The summed E-state index contributed by atoms with van der Waals surface area (Å²) in [6, 6.07) is 2.65. The molecule has 3 nitrogen and oxygen atoms in total. The van der Waals surface area contributed by atoms with Crippen molar-refractivity contribution in [3.8, 4) is 0 Å². The number of nitrogens with zero attached hydrogens (tertiary/aromatic N) is 1. The first-order valence-corrected chi connectivity index (χ1v) is 4.81. The number of carbonyl (C=O) groups is 1. The van der Waals surface area contributed by atoms with Gasteiger partial charge in [-0.05, 0) is 26.0 Å². The quantitative estimate of drug-likeness (QED) is 0.655. The third-order valence-electron chi connectivity index (χ3n) is 1.53. The Morgan fingerprint density at radius 1 is 1.57 bits per heavy atom. The highest BCUT2D eigenvalue weighted by atomic mass is 79.9. The minimum Gasteiger partial charge on any atom is -0.324 e.